The Labute approximate surface area is 163 Å². The lowest BCUT2D eigenvalue weighted by atomic mass is 10.1. The molecule has 2 heterocycles. The van der Waals surface area contributed by atoms with Crippen LogP contribution in [-0.2, 0) is 0 Å². The van der Waals surface area contributed by atoms with Crippen molar-refractivity contribution in [3.05, 3.63) is 48.0 Å². The summed E-state index contributed by atoms with van der Waals surface area (Å²) in [5, 5.41) is 12.1. The minimum absolute atomic E-state index is 0.00388. The molecule has 1 N–H and O–H groups in total. The zero-order chi connectivity index (χ0) is 18.6. The van der Waals surface area contributed by atoms with Gasteiger partial charge in [0.05, 0.1) is 12.9 Å². The summed E-state index contributed by atoms with van der Waals surface area (Å²) in [5.74, 6) is 2.29. The van der Waals surface area contributed by atoms with Crippen LogP contribution < -0.4 is 19.5 Å². The number of aromatic nitrogens is 2. The standard InChI is InChI=1S/C18H15N3O4S2/c1-23-13-4-2-3-12(8-13)19-17-20-21-18(27-17)26-9-14(22)11-5-6-15-16(7-11)25-10-24-15/h2-8H,9-10H2,1H3,(H,19,20). The average Bonchev–Trinajstić information content (AvgIpc) is 3.34. The minimum atomic E-state index is -0.00388. The number of hydrogen-bond donors (Lipinski definition) is 1. The summed E-state index contributed by atoms with van der Waals surface area (Å²) in [7, 11) is 1.62. The van der Waals surface area contributed by atoms with Crippen LogP contribution in [-0.4, -0.2) is 35.6 Å². The number of carbonyl (C=O) groups excluding carboxylic acids is 1. The van der Waals surface area contributed by atoms with Crippen molar-refractivity contribution >= 4 is 39.7 Å². The first-order valence-electron chi connectivity index (χ1n) is 8.01. The highest BCUT2D eigenvalue weighted by Crippen LogP contribution is 2.33. The molecule has 9 heteroatoms. The van der Waals surface area contributed by atoms with Crippen LogP contribution in [0.5, 0.6) is 17.2 Å². The number of nitrogens with zero attached hydrogens (tertiary/aromatic N) is 2. The molecule has 0 amide bonds. The van der Waals surface area contributed by atoms with Crippen molar-refractivity contribution < 1.29 is 19.0 Å². The van der Waals surface area contributed by atoms with E-state index in [1.807, 2.05) is 24.3 Å². The van der Waals surface area contributed by atoms with Crippen LogP contribution in [0.15, 0.2) is 46.8 Å². The summed E-state index contributed by atoms with van der Waals surface area (Å²) in [5.41, 5.74) is 1.45. The van der Waals surface area contributed by atoms with E-state index < -0.39 is 0 Å². The Morgan fingerprint density at radius 1 is 1.22 bits per heavy atom. The van der Waals surface area contributed by atoms with Crippen LogP contribution >= 0.6 is 23.1 Å². The van der Waals surface area contributed by atoms with E-state index in [1.165, 1.54) is 23.1 Å². The maximum Gasteiger partial charge on any atom is 0.231 e. The molecule has 0 fully saturated rings. The number of ketones is 1. The van der Waals surface area contributed by atoms with Crippen molar-refractivity contribution in [3.63, 3.8) is 0 Å². The first-order chi connectivity index (χ1) is 13.2. The summed E-state index contributed by atoms with van der Waals surface area (Å²) in [6, 6.07) is 12.8. The van der Waals surface area contributed by atoms with E-state index in [1.54, 1.807) is 25.3 Å². The highest BCUT2D eigenvalue weighted by atomic mass is 32.2. The topological polar surface area (TPSA) is 82.6 Å². The summed E-state index contributed by atoms with van der Waals surface area (Å²) in [4.78, 5) is 12.4. The summed E-state index contributed by atoms with van der Waals surface area (Å²) in [6.45, 7) is 0.190. The second kappa shape index (κ2) is 7.85. The van der Waals surface area contributed by atoms with Crippen LogP contribution in [0.3, 0.4) is 0 Å². The van der Waals surface area contributed by atoms with Crippen LogP contribution in [0.4, 0.5) is 10.8 Å². The molecule has 0 bridgehead atoms. The molecule has 0 atom stereocenters. The van der Waals surface area contributed by atoms with Crippen molar-refractivity contribution in [2.45, 2.75) is 4.34 Å². The fraction of sp³-hybridized carbons (Fsp3) is 0.167. The lowest BCUT2D eigenvalue weighted by molar-refractivity contribution is 0.102. The highest BCUT2D eigenvalue weighted by molar-refractivity contribution is 8.01. The molecule has 3 aromatic rings. The van der Waals surface area contributed by atoms with Gasteiger partial charge in [-0.1, -0.05) is 29.2 Å². The van der Waals surface area contributed by atoms with Gasteiger partial charge in [-0.15, -0.1) is 10.2 Å². The lowest BCUT2D eigenvalue weighted by Crippen LogP contribution is -2.02. The molecule has 1 aliphatic rings. The van der Waals surface area contributed by atoms with Crippen molar-refractivity contribution in [1.82, 2.24) is 10.2 Å². The Balaban J connectivity index is 1.36. The lowest BCUT2D eigenvalue weighted by Gasteiger charge is -2.04. The van der Waals surface area contributed by atoms with E-state index in [-0.39, 0.29) is 18.3 Å². The van der Waals surface area contributed by atoms with E-state index in [9.17, 15) is 4.79 Å². The molecule has 0 unspecified atom stereocenters. The molecular formula is C18H15N3O4S2. The van der Waals surface area contributed by atoms with E-state index in [0.717, 1.165) is 15.8 Å². The summed E-state index contributed by atoms with van der Waals surface area (Å²) in [6.07, 6.45) is 0. The zero-order valence-electron chi connectivity index (χ0n) is 14.3. The van der Waals surface area contributed by atoms with E-state index in [4.69, 9.17) is 14.2 Å². The van der Waals surface area contributed by atoms with Gasteiger partial charge in [-0.25, -0.2) is 0 Å². The quantitative estimate of drug-likeness (QED) is 0.470. The number of thioether (sulfide) groups is 1. The third kappa shape index (κ3) is 4.15. The van der Waals surface area contributed by atoms with Gasteiger partial charge in [-0.05, 0) is 30.3 Å². The van der Waals surface area contributed by atoms with Gasteiger partial charge >= 0.3 is 0 Å². The predicted octanol–water partition coefficient (Wildman–Crippen LogP) is 3.99. The second-order valence-electron chi connectivity index (χ2n) is 5.51. The van der Waals surface area contributed by atoms with Crippen LogP contribution in [0, 0.1) is 0 Å². The van der Waals surface area contributed by atoms with Crippen molar-refractivity contribution in [2.24, 2.45) is 0 Å². The van der Waals surface area contributed by atoms with Crippen LogP contribution in [0.2, 0.25) is 0 Å². The first kappa shape index (κ1) is 17.6. The van der Waals surface area contributed by atoms with Crippen LogP contribution in [0.25, 0.3) is 0 Å². The van der Waals surface area contributed by atoms with Gasteiger partial charge in [0.2, 0.25) is 11.9 Å². The number of methoxy groups -OCH3 is 1. The van der Waals surface area contributed by atoms with Gasteiger partial charge in [-0.2, -0.15) is 0 Å². The number of Topliss-reactive ketones (excluding diaryl/α,β-unsaturated/α-hetero) is 1. The molecule has 2 aromatic carbocycles. The molecule has 1 aliphatic heterocycles. The molecule has 27 heavy (non-hydrogen) atoms. The van der Waals surface area contributed by atoms with Gasteiger partial charge < -0.3 is 19.5 Å². The predicted molar refractivity (Wildman–Crippen MR) is 104 cm³/mol. The monoisotopic (exact) mass is 401 g/mol. The minimum Gasteiger partial charge on any atom is -0.497 e. The number of hydrogen-bond acceptors (Lipinski definition) is 9. The number of anilines is 2. The van der Waals surface area contributed by atoms with Crippen molar-refractivity contribution in [1.29, 1.82) is 0 Å². The maximum absolute atomic E-state index is 12.4. The molecule has 138 valence electrons. The number of benzene rings is 2. The number of nitrogens with one attached hydrogen (secondary N) is 1. The third-order valence-corrected chi connectivity index (χ3v) is 5.72. The first-order valence-corrected chi connectivity index (χ1v) is 9.82. The van der Waals surface area contributed by atoms with Gasteiger partial charge in [0.25, 0.3) is 0 Å². The second-order valence-corrected chi connectivity index (χ2v) is 7.71. The zero-order valence-corrected chi connectivity index (χ0v) is 15.9. The van der Waals surface area contributed by atoms with E-state index in [2.05, 4.69) is 15.5 Å². The van der Waals surface area contributed by atoms with Gasteiger partial charge in [-0.3, -0.25) is 4.79 Å². The Kier molecular flexibility index (Phi) is 5.12. The largest absolute Gasteiger partial charge is 0.497 e. The Morgan fingerprint density at radius 2 is 2.11 bits per heavy atom. The molecule has 4 rings (SSSR count). The fourth-order valence-corrected chi connectivity index (χ4v) is 4.09. The smallest absolute Gasteiger partial charge is 0.231 e. The number of rotatable bonds is 7. The van der Waals surface area contributed by atoms with Crippen LogP contribution in [0.1, 0.15) is 10.4 Å². The van der Waals surface area contributed by atoms with Crippen molar-refractivity contribution in [2.75, 3.05) is 25.0 Å². The number of fused-ring (bicyclic) bond motifs is 1. The van der Waals surface area contributed by atoms with Gasteiger partial charge in [0.15, 0.2) is 21.6 Å². The molecular weight excluding hydrogens is 386 g/mol. The molecule has 0 aliphatic carbocycles. The summed E-state index contributed by atoms with van der Waals surface area (Å²) < 4.78 is 16.5. The normalized spacial score (nSPS) is 12.0. The van der Waals surface area contributed by atoms with Gasteiger partial charge in [0, 0.05) is 17.3 Å². The molecule has 0 radical (unpaired) electrons. The molecule has 0 saturated heterocycles. The SMILES string of the molecule is COc1cccc(Nc2nnc(SCC(=O)c3ccc4c(c3)OCO4)s2)c1. The Bertz CT molecular complexity index is 977. The summed E-state index contributed by atoms with van der Waals surface area (Å²) >= 11 is 2.74. The van der Waals surface area contributed by atoms with E-state index >= 15 is 0 Å². The fourth-order valence-electron chi connectivity index (χ4n) is 2.42. The van der Waals surface area contributed by atoms with Gasteiger partial charge in [0.1, 0.15) is 5.75 Å². The highest BCUT2D eigenvalue weighted by Gasteiger charge is 2.17. The molecule has 7 nitrogen and oxygen atoms in total. The Morgan fingerprint density at radius 3 is 3.00 bits per heavy atom. The maximum atomic E-state index is 12.4. The van der Waals surface area contributed by atoms with Crippen molar-refractivity contribution in [3.8, 4) is 17.2 Å². The number of ether oxygens (including phenoxy) is 3. The number of carbonyl (C=O) groups is 1. The third-order valence-electron chi connectivity index (χ3n) is 3.75. The molecule has 0 spiro atoms. The Hall–Kier alpha value is -2.78. The molecule has 1 aromatic heterocycles. The van der Waals surface area contributed by atoms with E-state index in [0.29, 0.717) is 22.2 Å². The molecule has 0 saturated carbocycles. The average molecular weight is 401 g/mol.